The monoisotopic (exact) mass is 586 g/mol. The van der Waals surface area contributed by atoms with Crippen molar-refractivity contribution in [2.45, 2.75) is 26.8 Å². The van der Waals surface area contributed by atoms with E-state index in [9.17, 15) is 9.59 Å². The van der Waals surface area contributed by atoms with Crippen LogP contribution in [0.1, 0.15) is 37.9 Å². The molecule has 0 radical (unpaired) electrons. The lowest BCUT2D eigenvalue weighted by Gasteiger charge is -2.25. The number of benzene rings is 2. The minimum absolute atomic E-state index is 0.198. The predicted molar refractivity (Wildman–Crippen MR) is 145 cm³/mol. The van der Waals surface area contributed by atoms with Gasteiger partial charge in [0.1, 0.15) is 5.75 Å². The van der Waals surface area contributed by atoms with E-state index in [0.29, 0.717) is 50.0 Å². The highest BCUT2D eigenvalue weighted by Crippen LogP contribution is 2.36. The first-order valence-electron chi connectivity index (χ1n) is 11.7. The Morgan fingerprint density at radius 2 is 1.89 bits per heavy atom. The van der Waals surface area contributed by atoms with Gasteiger partial charge in [0, 0.05) is 4.47 Å². The number of esters is 1. The minimum atomic E-state index is -0.753. The number of ether oxygens (including phenoxy) is 4. The maximum absolute atomic E-state index is 13.8. The van der Waals surface area contributed by atoms with E-state index in [1.165, 1.54) is 11.3 Å². The maximum atomic E-state index is 13.8. The first-order valence-corrected chi connectivity index (χ1v) is 13.3. The number of carbonyl (C=O) groups is 1. The van der Waals surface area contributed by atoms with Crippen LogP contribution in [0.5, 0.6) is 17.2 Å². The van der Waals surface area contributed by atoms with Crippen molar-refractivity contribution in [1.29, 1.82) is 0 Å². The number of aromatic nitrogens is 1. The van der Waals surface area contributed by atoms with Crippen molar-refractivity contribution in [3.05, 3.63) is 83.0 Å². The Labute approximate surface area is 226 Å². The van der Waals surface area contributed by atoms with Gasteiger partial charge in [-0.3, -0.25) is 9.36 Å². The zero-order valence-corrected chi connectivity index (χ0v) is 23.6. The van der Waals surface area contributed by atoms with Gasteiger partial charge in [-0.1, -0.05) is 33.3 Å². The highest BCUT2D eigenvalue weighted by molar-refractivity contribution is 9.10. The van der Waals surface area contributed by atoms with Crippen LogP contribution in [0.4, 0.5) is 0 Å². The third kappa shape index (κ3) is 5.21. The Bertz CT molecular complexity index is 1560. The standard InChI is InChI=1S/C27H27BrN2O6S/c1-6-35-21-13-16(8-11-20(21)34-5)24-23(26(32)36-7-2)15(3)29-27-30(24)25(31)22(37-27)14-17-12-18(33-4)9-10-19(17)28/h8-14,24H,6-7H2,1-5H3/b22-14-/t24-/m1/s1. The number of halogens is 1. The number of rotatable bonds is 8. The van der Waals surface area contributed by atoms with Gasteiger partial charge in [-0.2, -0.15) is 0 Å². The molecular weight excluding hydrogens is 560 g/mol. The fourth-order valence-electron chi connectivity index (χ4n) is 4.14. The van der Waals surface area contributed by atoms with Gasteiger partial charge in [-0.15, -0.1) is 0 Å². The maximum Gasteiger partial charge on any atom is 0.338 e. The van der Waals surface area contributed by atoms with E-state index in [4.69, 9.17) is 18.9 Å². The van der Waals surface area contributed by atoms with Gasteiger partial charge in [-0.05, 0) is 68.3 Å². The average Bonchev–Trinajstić information content (AvgIpc) is 3.19. The molecule has 0 fully saturated rings. The topological polar surface area (TPSA) is 88.4 Å². The molecule has 1 aromatic heterocycles. The highest BCUT2D eigenvalue weighted by atomic mass is 79.9. The third-order valence-corrected chi connectivity index (χ3v) is 7.52. The van der Waals surface area contributed by atoms with Crippen LogP contribution in [-0.2, 0) is 9.53 Å². The predicted octanol–water partition coefficient (Wildman–Crippen LogP) is 3.98. The molecule has 8 nitrogen and oxygen atoms in total. The van der Waals surface area contributed by atoms with Gasteiger partial charge >= 0.3 is 5.97 Å². The van der Waals surface area contributed by atoms with Crippen LogP contribution in [0, 0.1) is 0 Å². The molecule has 0 aliphatic carbocycles. The molecule has 0 saturated heterocycles. The zero-order chi connectivity index (χ0) is 26.7. The van der Waals surface area contributed by atoms with Crippen LogP contribution in [0.3, 0.4) is 0 Å². The lowest BCUT2D eigenvalue weighted by atomic mass is 9.95. The largest absolute Gasteiger partial charge is 0.497 e. The fraction of sp³-hybridized carbons (Fsp3) is 0.296. The van der Waals surface area contributed by atoms with Crippen molar-refractivity contribution in [3.8, 4) is 17.2 Å². The molecule has 0 amide bonds. The van der Waals surface area contributed by atoms with Crippen molar-refractivity contribution >= 4 is 39.3 Å². The molecule has 0 bridgehead atoms. The summed E-state index contributed by atoms with van der Waals surface area (Å²) in [6.45, 7) is 5.99. The number of nitrogens with zero attached hydrogens (tertiary/aromatic N) is 2. The Morgan fingerprint density at radius 1 is 1.11 bits per heavy atom. The van der Waals surface area contributed by atoms with Gasteiger partial charge < -0.3 is 18.9 Å². The van der Waals surface area contributed by atoms with Crippen molar-refractivity contribution in [2.75, 3.05) is 27.4 Å². The van der Waals surface area contributed by atoms with Gasteiger partial charge in [0.2, 0.25) is 0 Å². The van der Waals surface area contributed by atoms with E-state index in [-0.39, 0.29) is 12.2 Å². The summed E-state index contributed by atoms with van der Waals surface area (Å²) in [5, 5.41) is 0. The zero-order valence-electron chi connectivity index (χ0n) is 21.2. The second-order valence-electron chi connectivity index (χ2n) is 8.03. The van der Waals surface area contributed by atoms with E-state index in [1.807, 2.05) is 31.2 Å². The van der Waals surface area contributed by atoms with Crippen molar-refractivity contribution < 1.29 is 23.7 Å². The molecule has 1 aliphatic rings. The first kappa shape index (κ1) is 26.7. The molecule has 3 aromatic rings. The lowest BCUT2D eigenvalue weighted by molar-refractivity contribution is -0.139. The summed E-state index contributed by atoms with van der Waals surface area (Å²) in [5.41, 5.74) is 1.98. The quantitative estimate of drug-likeness (QED) is 0.371. The number of hydrogen-bond acceptors (Lipinski definition) is 8. The Balaban J connectivity index is 1.97. The van der Waals surface area contributed by atoms with Gasteiger partial charge in [0.25, 0.3) is 5.56 Å². The molecule has 194 valence electrons. The Kier molecular flexibility index (Phi) is 8.19. The number of methoxy groups -OCH3 is 2. The molecular formula is C27H27BrN2O6S. The average molecular weight is 587 g/mol. The number of hydrogen-bond donors (Lipinski definition) is 0. The Morgan fingerprint density at radius 3 is 2.57 bits per heavy atom. The fourth-order valence-corrected chi connectivity index (χ4v) is 5.54. The van der Waals surface area contributed by atoms with Crippen molar-refractivity contribution in [2.24, 2.45) is 4.99 Å². The molecule has 2 aromatic carbocycles. The van der Waals surface area contributed by atoms with Crippen LogP contribution in [-0.4, -0.2) is 38.0 Å². The smallest absolute Gasteiger partial charge is 0.338 e. The molecule has 1 aliphatic heterocycles. The summed E-state index contributed by atoms with van der Waals surface area (Å²) in [4.78, 5) is 32.1. The number of fused-ring (bicyclic) bond motifs is 1. The summed E-state index contributed by atoms with van der Waals surface area (Å²) in [7, 11) is 3.15. The van der Waals surface area contributed by atoms with Gasteiger partial charge in [0.05, 0.1) is 49.3 Å². The second-order valence-corrected chi connectivity index (χ2v) is 9.90. The van der Waals surface area contributed by atoms with E-state index in [2.05, 4.69) is 20.9 Å². The van der Waals surface area contributed by atoms with Crippen LogP contribution < -0.4 is 29.1 Å². The number of allylic oxidation sites excluding steroid dienone is 1. The minimum Gasteiger partial charge on any atom is -0.497 e. The molecule has 0 saturated carbocycles. The van der Waals surface area contributed by atoms with Crippen LogP contribution in [0.15, 0.2) is 61.9 Å². The molecule has 0 N–H and O–H groups in total. The first-order chi connectivity index (χ1) is 17.8. The second kappa shape index (κ2) is 11.4. The van der Waals surface area contributed by atoms with Crippen molar-refractivity contribution in [3.63, 3.8) is 0 Å². The van der Waals surface area contributed by atoms with E-state index in [0.717, 1.165) is 10.0 Å². The summed E-state index contributed by atoms with van der Waals surface area (Å²) in [5.74, 6) is 1.22. The molecule has 4 rings (SSSR count). The van der Waals surface area contributed by atoms with Crippen LogP contribution >= 0.6 is 27.3 Å². The lowest BCUT2D eigenvalue weighted by Crippen LogP contribution is -2.40. The SMILES string of the molecule is CCOC(=O)C1=C(C)N=c2s/c(=C\c3cc(OC)ccc3Br)c(=O)n2[C@@H]1c1ccc(OC)c(OCC)c1. The van der Waals surface area contributed by atoms with E-state index >= 15 is 0 Å². The molecule has 10 heteroatoms. The normalized spacial score (nSPS) is 15.2. The van der Waals surface area contributed by atoms with Crippen LogP contribution in [0.2, 0.25) is 0 Å². The van der Waals surface area contributed by atoms with Crippen LogP contribution in [0.25, 0.3) is 6.08 Å². The number of carbonyl (C=O) groups excluding carboxylic acids is 1. The van der Waals surface area contributed by atoms with Crippen molar-refractivity contribution in [1.82, 2.24) is 4.57 Å². The molecule has 0 unspecified atom stereocenters. The summed E-state index contributed by atoms with van der Waals surface area (Å²) in [6, 6.07) is 10.2. The summed E-state index contributed by atoms with van der Waals surface area (Å²) < 4.78 is 24.8. The summed E-state index contributed by atoms with van der Waals surface area (Å²) >= 11 is 4.80. The summed E-state index contributed by atoms with van der Waals surface area (Å²) in [6.07, 6.45) is 1.79. The molecule has 2 heterocycles. The number of thiazole rings is 1. The third-order valence-electron chi connectivity index (χ3n) is 5.81. The van der Waals surface area contributed by atoms with Gasteiger partial charge in [0.15, 0.2) is 16.3 Å². The van der Waals surface area contributed by atoms with E-state index < -0.39 is 12.0 Å². The molecule has 37 heavy (non-hydrogen) atoms. The Hall–Kier alpha value is -3.37. The van der Waals surface area contributed by atoms with Gasteiger partial charge in [-0.25, -0.2) is 9.79 Å². The highest BCUT2D eigenvalue weighted by Gasteiger charge is 2.34. The molecule has 1 atom stereocenters. The molecule has 0 spiro atoms. The van der Waals surface area contributed by atoms with E-state index in [1.54, 1.807) is 50.8 Å².